The van der Waals surface area contributed by atoms with E-state index in [0.29, 0.717) is 29.6 Å². The van der Waals surface area contributed by atoms with Crippen LogP contribution >= 0.6 is 0 Å². The Morgan fingerprint density at radius 2 is 1.68 bits per heavy atom. The van der Waals surface area contributed by atoms with Gasteiger partial charge in [-0.3, -0.25) is 0 Å². The van der Waals surface area contributed by atoms with Gasteiger partial charge in [-0.15, -0.1) is 0 Å². The minimum atomic E-state index is 0.542. The fraction of sp³-hybridized carbons (Fsp3) is 0.400. The molecule has 0 spiro atoms. The minimum Gasteiger partial charge on any atom is -0.0879 e. The molecule has 6 rings (SSSR count). The van der Waals surface area contributed by atoms with Crippen molar-refractivity contribution in [1.82, 2.24) is 0 Å². The number of rotatable bonds is 2. The van der Waals surface area contributed by atoms with Crippen molar-refractivity contribution in [1.29, 1.82) is 0 Å². The Bertz CT molecular complexity index is 1050. The zero-order chi connectivity index (χ0) is 20.8. The molecular weight excluding hydrogens is 371 g/mol. The van der Waals surface area contributed by atoms with Crippen molar-refractivity contribution in [3.63, 3.8) is 0 Å². The molecule has 31 heavy (non-hydrogen) atoms. The Kier molecular flexibility index (Phi) is 5.02. The van der Waals surface area contributed by atoms with Gasteiger partial charge in [-0.2, -0.15) is 0 Å². The molecule has 0 aliphatic heterocycles. The first-order valence-electron chi connectivity index (χ1n) is 12.5. The van der Waals surface area contributed by atoms with E-state index in [-0.39, 0.29) is 0 Å². The standard InChI is InChI=1S/C30H33B/c31-30-27-14-5-3-12-25(27)29(26-13-4-6-15-28(26)30)24-11-7-10-22(19-24)23-17-16-20-8-1-2-9-21(20)18-23/h1,5-8,11,14-22,25,29H,2-4,9-10,12-13,31H2. The summed E-state index contributed by atoms with van der Waals surface area (Å²) in [6.07, 6.45) is 38.2. The van der Waals surface area contributed by atoms with E-state index in [9.17, 15) is 0 Å². The molecule has 6 aliphatic carbocycles. The summed E-state index contributed by atoms with van der Waals surface area (Å²) in [5.74, 6) is 3.11. The van der Waals surface area contributed by atoms with Crippen molar-refractivity contribution in [3.8, 4) is 0 Å². The van der Waals surface area contributed by atoms with Crippen LogP contribution in [0.25, 0.3) is 0 Å². The van der Waals surface area contributed by atoms with Crippen LogP contribution < -0.4 is 0 Å². The van der Waals surface area contributed by atoms with Crippen LogP contribution in [0.1, 0.15) is 44.9 Å². The van der Waals surface area contributed by atoms with Crippen molar-refractivity contribution >= 4 is 7.85 Å². The van der Waals surface area contributed by atoms with Gasteiger partial charge in [-0.25, -0.2) is 0 Å². The first kappa shape index (κ1) is 19.4. The topological polar surface area (TPSA) is 0 Å². The molecule has 0 amide bonds. The molecule has 5 atom stereocenters. The normalized spacial score (nSPS) is 36.1. The van der Waals surface area contributed by atoms with Crippen molar-refractivity contribution in [3.05, 3.63) is 106 Å². The lowest BCUT2D eigenvalue weighted by Crippen LogP contribution is -2.29. The maximum absolute atomic E-state index is 2.65. The lowest BCUT2D eigenvalue weighted by atomic mass is 9.60. The van der Waals surface area contributed by atoms with Gasteiger partial charge < -0.3 is 0 Å². The highest BCUT2D eigenvalue weighted by molar-refractivity contribution is 6.25. The Morgan fingerprint density at radius 1 is 0.774 bits per heavy atom. The molecule has 6 aliphatic rings. The lowest BCUT2D eigenvalue weighted by Gasteiger charge is -2.41. The van der Waals surface area contributed by atoms with Gasteiger partial charge in [0.25, 0.3) is 0 Å². The summed E-state index contributed by atoms with van der Waals surface area (Å²) in [7, 11) is 2.36. The minimum absolute atomic E-state index is 0.542. The number of hydrogen-bond acceptors (Lipinski definition) is 0. The van der Waals surface area contributed by atoms with Gasteiger partial charge in [0.1, 0.15) is 7.85 Å². The Hall–Kier alpha value is -2.28. The van der Waals surface area contributed by atoms with Gasteiger partial charge in [0.15, 0.2) is 0 Å². The summed E-state index contributed by atoms with van der Waals surface area (Å²) < 4.78 is 0. The molecule has 0 saturated carbocycles. The SMILES string of the molecule is BC1=C2C=CCCC2C(C2=CC(C3=CC4CCC=CC4C=C3)CC=C2)C2=C1C=CCC2. The molecule has 0 radical (unpaired) electrons. The molecule has 156 valence electrons. The van der Waals surface area contributed by atoms with Gasteiger partial charge in [0.2, 0.25) is 0 Å². The van der Waals surface area contributed by atoms with E-state index in [2.05, 4.69) is 80.8 Å². The van der Waals surface area contributed by atoms with Crippen LogP contribution in [0.3, 0.4) is 0 Å². The molecule has 0 aromatic carbocycles. The van der Waals surface area contributed by atoms with Gasteiger partial charge in [-0.1, -0.05) is 89.5 Å². The van der Waals surface area contributed by atoms with Crippen molar-refractivity contribution in [2.45, 2.75) is 44.9 Å². The molecule has 1 heteroatoms. The first-order valence-corrected chi connectivity index (χ1v) is 12.5. The fourth-order valence-corrected chi connectivity index (χ4v) is 6.91. The van der Waals surface area contributed by atoms with Gasteiger partial charge in [0.05, 0.1) is 0 Å². The second-order valence-electron chi connectivity index (χ2n) is 10.2. The summed E-state index contributed by atoms with van der Waals surface area (Å²) >= 11 is 0. The zero-order valence-electron chi connectivity index (χ0n) is 18.8. The van der Waals surface area contributed by atoms with Gasteiger partial charge >= 0.3 is 0 Å². The molecule has 0 bridgehead atoms. The third kappa shape index (κ3) is 3.38. The average Bonchev–Trinajstić information content (AvgIpc) is 2.84. The van der Waals surface area contributed by atoms with Crippen LogP contribution in [0.2, 0.25) is 0 Å². The van der Waals surface area contributed by atoms with Crippen LogP contribution in [0.15, 0.2) is 106 Å². The second-order valence-corrected chi connectivity index (χ2v) is 10.2. The van der Waals surface area contributed by atoms with Crippen LogP contribution in [-0.2, 0) is 0 Å². The average molecular weight is 404 g/mol. The molecule has 0 aromatic heterocycles. The summed E-state index contributed by atoms with van der Waals surface area (Å²) in [5.41, 5.74) is 9.54. The molecular formula is C30H33B. The van der Waals surface area contributed by atoms with E-state index in [0.717, 1.165) is 6.42 Å². The third-order valence-electron chi connectivity index (χ3n) is 8.48. The summed E-state index contributed by atoms with van der Waals surface area (Å²) in [4.78, 5) is 0. The van der Waals surface area contributed by atoms with E-state index >= 15 is 0 Å². The lowest BCUT2D eigenvalue weighted by molar-refractivity contribution is 0.435. The summed E-state index contributed by atoms with van der Waals surface area (Å²) in [6, 6.07) is 0. The summed E-state index contributed by atoms with van der Waals surface area (Å²) in [5, 5.41) is 0. The molecule has 0 aromatic rings. The largest absolute Gasteiger partial charge is 0.140 e. The van der Waals surface area contributed by atoms with Crippen LogP contribution in [-0.4, -0.2) is 7.85 Å². The molecule has 0 heterocycles. The fourth-order valence-electron chi connectivity index (χ4n) is 6.91. The number of fused-ring (bicyclic) bond motifs is 2. The highest BCUT2D eigenvalue weighted by Gasteiger charge is 2.37. The molecule has 0 saturated heterocycles. The molecule has 0 N–H and O–H groups in total. The zero-order valence-corrected chi connectivity index (χ0v) is 18.8. The Balaban J connectivity index is 1.37. The summed E-state index contributed by atoms with van der Waals surface area (Å²) in [6.45, 7) is 0. The smallest absolute Gasteiger partial charge is 0.0879 e. The maximum Gasteiger partial charge on any atom is 0.140 e. The van der Waals surface area contributed by atoms with E-state index < -0.39 is 0 Å². The van der Waals surface area contributed by atoms with Crippen LogP contribution in [0.5, 0.6) is 0 Å². The third-order valence-corrected chi connectivity index (χ3v) is 8.48. The van der Waals surface area contributed by atoms with Crippen molar-refractivity contribution < 1.29 is 0 Å². The molecule has 0 fully saturated rings. The van der Waals surface area contributed by atoms with Gasteiger partial charge in [-0.05, 0) is 73.5 Å². The van der Waals surface area contributed by atoms with E-state index in [4.69, 9.17) is 0 Å². The van der Waals surface area contributed by atoms with E-state index in [1.54, 1.807) is 27.9 Å². The second kappa shape index (κ2) is 8.01. The molecule has 5 unspecified atom stereocenters. The number of allylic oxidation sites excluding steroid dienone is 18. The molecule has 0 nitrogen and oxygen atoms in total. The quantitative estimate of drug-likeness (QED) is 0.355. The van der Waals surface area contributed by atoms with Crippen LogP contribution in [0.4, 0.5) is 0 Å². The predicted molar refractivity (Wildman–Crippen MR) is 134 cm³/mol. The predicted octanol–water partition coefficient (Wildman–Crippen LogP) is 6.70. The highest BCUT2D eigenvalue weighted by atomic mass is 14.4. The Morgan fingerprint density at radius 3 is 2.65 bits per heavy atom. The van der Waals surface area contributed by atoms with Crippen molar-refractivity contribution in [2.75, 3.05) is 0 Å². The van der Waals surface area contributed by atoms with Crippen molar-refractivity contribution in [2.24, 2.45) is 29.6 Å². The van der Waals surface area contributed by atoms with E-state index in [1.807, 2.05) is 0 Å². The van der Waals surface area contributed by atoms with Gasteiger partial charge in [0, 0.05) is 17.8 Å². The van der Waals surface area contributed by atoms with Crippen LogP contribution in [0, 0.1) is 29.6 Å². The Labute approximate surface area is 188 Å². The maximum atomic E-state index is 2.65. The first-order chi connectivity index (χ1) is 15.3. The highest BCUT2D eigenvalue weighted by Crippen LogP contribution is 2.50. The monoisotopic (exact) mass is 404 g/mol. The number of hydrogen-bond donors (Lipinski definition) is 0. The van der Waals surface area contributed by atoms with E-state index in [1.165, 1.54) is 44.0 Å².